The number of nitro benzene ring substituents is 1. The van der Waals surface area contributed by atoms with Crippen LogP contribution in [0.3, 0.4) is 0 Å². The molecule has 2 aromatic carbocycles. The summed E-state index contributed by atoms with van der Waals surface area (Å²) in [6.45, 7) is 0. The summed E-state index contributed by atoms with van der Waals surface area (Å²) in [6, 6.07) is 11.3. The molecule has 2 aromatic rings. The smallest absolute Gasteiger partial charge is 0.331 e. The van der Waals surface area contributed by atoms with Gasteiger partial charge in [0.1, 0.15) is 4.32 Å². The number of carbonyl (C=O) groups excluding carboxylic acids is 1. The lowest BCUT2D eigenvalue weighted by atomic mass is 10.1. The lowest BCUT2D eigenvalue weighted by Crippen LogP contribution is -2.37. The van der Waals surface area contributed by atoms with Gasteiger partial charge in [0, 0.05) is 6.07 Å². The quantitative estimate of drug-likeness (QED) is 0.320. The van der Waals surface area contributed by atoms with Crippen LogP contribution in [0.1, 0.15) is 17.2 Å². The van der Waals surface area contributed by atoms with Crippen molar-refractivity contribution in [2.75, 3.05) is 7.11 Å². The fraction of sp³-hybridized carbons (Fsp3) is 0.105. The van der Waals surface area contributed by atoms with Gasteiger partial charge in [-0.3, -0.25) is 19.8 Å². The predicted molar refractivity (Wildman–Crippen MR) is 111 cm³/mol. The normalized spacial score (nSPS) is 16.2. The number of hydrogen-bond acceptors (Lipinski definition) is 7. The average Bonchev–Trinajstić information content (AvgIpc) is 2.96. The van der Waals surface area contributed by atoms with Gasteiger partial charge in [0.05, 0.1) is 16.9 Å². The number of rotatable bonds is 6. The predicted octanol–water partition coefficient (Wildman–Crippen LogP) is 3.63. The zero-order chi connectivity index (χ0) is 21.1. The van der Waals surface area contributed by atoms with Gasteiger partial charge in [-0.25, -0.2) is 4.79 Å². The SMILES string of the molecule is COc1ccc(/C=C2\SC(=S)N(C(C(=O)O)c3ccccc3)C2=O)cc1[N+](=O)[O-]. The first-order valence-electron chi connectivity index (χ1n) is 8.20. The van der Waals surface area contributed by atoms with Gasteiger partial charge in [-0.05, 0) is 23.3 Å². The third-order valence-corrected chi connectivity index (χ3v) is 5.46. The molecule has 3 rings (SSSR count). The Bertz CT molecular complexity index is 1040. The second-order valence-electron chi connectivity index (χ2n) is 5.89. The number of benzene rings is 2. The number of thiocarbonyl (C=S) groups is 1. The van der Waals surface area contributed by atoms with Crippen LogP contribution in [0.2, 0.25) is 0 Å². The van der Waals surface area contributed by atoms with Crippen molar-refractivity contribution >= 4 is 51.9 Å². The van der Waals surface area contributed by atoms with Crippen LogP contribution in [-0.4, -0.2) is 38.2 Å². The van der Waals surface area contributed by atoms with Crippen molar-refractivity contribution in [3.05, 3.63) is 74.7 Å². The summed E-state index contributed by atoms with van der Waals surface area (Å²) in [6.07, 6.45) is 1.44. The van der Waals surface area contributed by atoms with Crippen molar-refractivity contribution in [3.8, 4) is 5.75 Å². The van der Waals surface area contributed by atoms with Crippen molar-refractivity contribution in [1.82, 2.24) is 4.90 Å². The zero-order valence-corrected chi connectivity index (χ0v) is 16.6. The van der Waals surface area contributed by atoms with Gasteiger partial charge in [0.15, 0.2) is 11.8 Å². The number of ether oxygens (including phenoxy) is 1. The molecule has 148 valence electrons. The van der Waals surface area contributed by atoms with E-state index in [4.69, 9.17) is 17.0 Å². The second kappa shape index (κ2) is 8.41. The Morgan fingerprint density at radius 3 is 2.59 bits per heavy atom. The molecule has 0 saturated carbocycles. The maximum absolute atomic E-state index is 12.9. The van der Waals surface area contributed by atoms with E-state index in [-0.39, 0.29) is 20.7 Å². The molecule has 1 saturated heterocycles. The van der Waals surface area contributed by atoms with E-state index in [1.165, 1.54) is 25.3 Å². The van der Waals surface area contributed by atoms with E-state index in [0.29, 0.717) is 11.1 Å². The van der Waals surface area contributed by atoms with Crippen LogP contribution in [0.4, 0.5) is 5.69 Å². The molecule has 0 aromatic heterocycles. The number of carboxylic acid groups (broad SMARTS) is 1. The lowest BCUT2D eigenvalue weighted by Gasteiger charge is -2.23. The van der Waals surface area contributed by atoms with E-state index < -0.39 is 22.8 Å². The highest BCUT2D eigenvalue weighted by Crippen LogP contribution is 2.39. The topological polar surface area (TPSA) is 110 Å². The van der Waals surface area contributed by atoms with Gasteiger partial charge in [-0.2, -0.15) is 0 Å². The third kappa shape index (κ3) is 4.13. The lowest BCUT2D eigenvalue weighted by molar-refractivity contribution is -0.385. The highest BCUT2D eigenvalue weighted by atomic mass is 32.2. The van der Waals surface area contributed by atoms with E-state index in [0.717, 1.165) is 16.7 Å². The Balaban J connectivity index is 1.97. The van der Waals surface area contributed by atoms with Crippen molar-refractivity contribution in [3.63, 3.8) is 0 Å². The molecule has 0 bridgehead atoms. The molecule has 8 nitrogen and oxygen atoms in total. The number of methoxy groups -OCH3 is 1. The van der Waals surface area contributed by atoms with E-state index >= 15 is 0 Å². The molecular formula is C19H14N2O6S2. The summed E-state index contributed by atoms with van der Waals surface area (Å²) < 4.78 is 5.06. The summed E-state index contributed by atoms with van der Waals surface area (Å²) >= 11 is 6.19. The number of carboxylic acids is 1. The van der Waals surface area contributed by atoms with E-state index in [2.05, 4.69) is 0 Å². The minimum atomic E-state index is -1.26. The first-order chi connectivity index (χ1) is 13.8. The first kappa shape index (κ1) is 20.5. The van der Waals surface area contributed by atoms with Gasteiger partial charge in [0.25, 0.3) is 5.91 Å². The zero-order valence-electron chi connectivity index (χ0n) is 15.0. The first-order valence-corrected chi connectivity index (χ1v) is 9.43. The Hall–Kier alpha value is -3.24. The van der Waals surface area contributed by atoms with Crippen molar-refractivity contribution in [2.45, 2.75) is 6.04 Å². The summed E-state index contributed by atoms with van der Waals surface area (Å²) in [5.41, 5.74) is 0.562. The average molecular weight is 430 g/mol. The summed E-state index contributed by atoms with van der Waals surface area (Å²) in [5.74, 6) is -1.70. The molecule has 10 heteroatoms. The molecular weight excluding hydrogens is 416 g/mol. The van der Waals surface area contributed by atoms with Crippen LogP contribution in [0.25, 0.3) is 6.08 Å². The van der Waals surface area contributed by atoms with Crippen molar-refractivity contribution in [1.29, 1.82) is 0 Å². The van der Waals surface area contributed by atoms with Crippen LogP contribution < -0.4 is 4.74 Å². The molecule has 29 heavy (non-hydrogen) atoms. The van der Waals surface area contributed by atoms with E-state index in [9.17, 15) is 24.8 Å². The molecule has 0 spiro atoms. The van der Waals surface area contributed by atoms with Crippen LogP contribution in [0.15, 0.2) is 53.4 Å². The molecule has 1 atom stereocenters. The molecule has 1 fully saturated rings. The monoisotopic (exact) mass is 430 g/mol. The van der Waals surface area contributed by atoms with Crippen LogP contribution >= 0.6 is 24.0 Å². The number of carbonyl (C=O) groups is 2. The minimum Gasteiger partial charge on any atom is -0.490 e. The van der Waals surface area contributed by atoms with Gasteiger partial charge < -0.3 is 9.84 Å². The Kier molecular flexibility index (Phi) is 5.95. The Morgan fingerprint density at radius 2 is 2.00 bits per heavy atom. The number of amides is 1. The van der Waals surface area contributed by atoms with Gasteiger partial charge in [-0.15, -0.1) is 0 Å². The van der Waals surface area contributed by atoms with Crippen molar-refractivity contribution in [2.24, 2.45) is 0 Å². The molecule has 1 aliphatic rings. The molecule has 0 radical (unpaired) electrons. The standard InChI is InChI=1S/C19H14N2O6S2/c1-27-14-8-7-11(9-13(14)21(25)26)10-15-17(22)20(19(28)29-15)16(18(23)24)12-5-3-2-4-6-12/h2-10,16H,1H3,(H,23,24)/b15-10-. The minimum absolute atomic E-state index is 0.0923. The summed E-state index contributed by atoms with van der Waals surface area (Å²) in [7, 11) is 1.32. The fourth-order valence-electron chi connectivity index (χ4n) is 2.83. The maximum atomic E-state index is 12.9. The highest BCUT2D eigenvalue weighted by Gasteiger charge is 2.41. The van der Waals surface area contributed by atoms with E-state index in [1.807, 2.05) is 0 Å². The maximum Gasteiger partial charge on any atom is 0.331 e. The highest BCUT2D eigenvalue weighted by molar-refractivity contribution is 8.26. The van der Waals surface area contributed by atoms with Crippen molar-refractivity contribution < 1.29 is 24.4 Å². The number of thioether (sulfide) groups is 1. The molecule has 1 amide bonds. The third-order valence-electron chi connectivity index (χ3n) is 4.13. The summed E-state index contributed by atoms with van der Waals surface area (Å²) in [4.78, 5) is 36.6. The molecule has 1 heterocycles. The summed E-state index contributed by atoms with van der Waals surface area (Å²) in [5, 5.41) is 20.9. The number of aliphatic carboxylic acids is 1. The van der Waals surface area contributed by atoms with Crippen LogP contribution in [0.5, 0.6) is 5.75 Å². The number of hydrogen-bond donors (Lipinski definition) is 1. The van der Waals surface area contributed by atoms with Gasteiger partial charge >= 0.3 is 11.7 Å². The Labute approximate surface area is 174 Å². The number of nitrogens with zero attached hydrogens (tertiary/aromatic N) is 2. The molecule has 0 aliphatic carbocycles. The number of nitro groups is 1. The van der Waals surface area contributed by atoms with Crippen LogP contribution in [-0.2, 0) is 9.59 Å². The molecule has 1 N–H and O–H groups in total. The van der Waals surface area contributed by atoms with E-state index in [1.54, 1.807) is 36.4 Å². The van der Waals surface area contributed by atoms with Crippen LogP contribution in [0, 0.1) is 10.1 Å². The second-order valence-corrected chi connectivity index (χ2v) is 7.57. The Morgan fingerprint density at radius 1 is 1.31 bits per heavy atom. The van der Waals surface area contributed by atoms with Gasteiger partial charge in [0.2, 0.25) is 0 Å². The molecule has 1 unspecified atom stereocenters. The van der Waals surface area contributed by atoms with Gasteiger partial charge in [-0.1, -0.05) is 60.4 Å². The largest absolute Gasteiger partial charge is 0.490 e. The molecule has 1 aliphatic heterocycles. The fourth-order valence-corrected chi connectivity index (χ4v) is 4.14.